The molecule has 0 saturated carbocycles. The fraction of sp³-hybridized carbons (Fsp3) is 0.600. The lowest BCUT2D eigenvalue weighted by molar-refractivity contribution is 0.357. The molecule has 2 heteroatoms. The van der Waals surface area contributed by atoms with Crippen LogP contribution < -0.4 is 10.1 Å². The number of hydrogen-bond acceptors (Lipinski definition) is 2. The molecule has 0 unspecified atom stereocenters. The van der Waals surface area contributed by atoms with Gasteiger partial charge in [0.15, 0.2) is 0 Å². The average Bonchev–Trinajstić information content (AvgIpc) is 2.27. The summed E-state index contributed by atoms with van der Waals surface area (Å²) in [7, 11) is 1.71. The second-order valence-electron chi connectivity index (χ2n) is 5.76. The average molecular weight is 235 g/mol. The number of hydrogen-bond donors (Lipinski definition) is 1. The second-order valence-corrected chi connectivity index (χ2v) is 5.76. The van der Waals surface area contributed by atoms with Gasteiger partial charge >= 0.3 is 0 Å². The van der Waals surface area contributed by atoms with Crippen LogP contribution in [0.25, 0.3) is 0 Å². The van der Waals surface area contributed by atoms with Gasteiger partial charge in [0.05, 0.1) is 7.11 Å². The van der Waals surface area contributed by atoms with Crippen molar-refractivity contribution in [2.45, 2.75) is 40.2 Å². The Hall–Kier alpha value is -1.02. The molecular formula is C15H25NO. The standard InChI is InChI=1S/C15H25NO/c1-12(16-10-9-15(2,3)4)13-7-6-8-14(11-13)17-5/h6-8,11-12,16H,9-10H2,1-5H3/t12-/m1/s1. The van der Waals surface area contributed by atoms with Gasteiger partial charge in [-0.2, -0.15) is 0 Å². The van der Waals surface area contributed by atoms with E-state index in [4.69, 9.17) is 4.74 Å². The van der Waals surface area contributed by atoms with Crippen molar-refractivity contribution in [3.8, 4) is 5.75 Å². The molecule has 0 heterocycles. The van der Waals surface area contributed by atoms with Gasteiger partial charge in [0, 0.05) is 6.04 Å². The lowest BCUT2D eigenvalue weighted by Crippen LogP contribution is -2.23. The van der Waals surface area contributed by atoms with E-state index >= 15 is 0 Å². The molecule has 0 spiro atoms. The van der Waals surface area contributed by atoms with Crippen LogP contribution in [0.3, 0.4) is 0 Å². The Morgan fingerprint density at radius 2 is 2.00 bits per heavy atom. The second kappa shape index (κ2) is 6.06. The first-order valence-corrected chi connectivity index (χ1v) is 6.30. The van der Waals surface area contributed by atoms with E-state index in [0.717, 1.165) is 12.3 Å². The van der Waals surface area contributed by atoms with Crippen LogP contribution >= 0.6 is 0 Å². The fourth-order valence-corrected chi connectivity index (χ4v) is 1.69. The van der Waals surface area contributed by atoms with Gasteiger partial charge in [-0.05, 0) is 43.0 Å². The van der Waals surface area contributed by atoms with E-state index in [1.807, 2.05) is 12.1 Å². The van der Waals surface area contributed by atoms with Crippen LogP contribution in [0, 0.1) is 5.41 Å². The molecule has 0 bridgehead atoms. The summed E-state index contributed by atoms with van der Waals surface area (Å²) < 4.78 is 5.24. The van der Waals surface area contributed by atoms with Crippen molar-refractivity contribution < 1.29 is 4.74 Å². The molecule has 0 aliphatic rings. The first-order valence-electron chi connectivity index (χ1n) is 6.30. The summed E-state index contributed by atoms with van der Waals surface area (Å²) in [6.45, 7) is 10.0. The molecule has 0 saturated heterocycles. The molecule has 96 valence electrons. The molecule has 0 aliphatic heterocycles. The predicted molar refractivity (Wildman–Crippen MR) is 73.5 cm³/mol. The number of nitrogens with one attached hydrogen (secondary N) is 1. The van der Waals surface area contributed by atoms with Crippen molar-refractivity contribution in [3.63, 3.8) is 0 Å². The van der Waals surface area contributed by atoms with E-state index in [2.05, 4.69) is 45.1 Å². The Morgan fingerprint density at radius 3 is 2.59 bits per heavy atom. The topological polar surface area (TPSA) is 21.3 Å². The van der Waals surface area contributed by atoms with Gasteiger partial charge < -0.3 is 10.1 Å². The van der Waals surface area contributed by atoms with Gasteiger partial charge in [-0.25, -0.2) is 0 Å². The van der Waals surface area contributed by atoms with E-state index in [1.54, 1.807) is 7.11 Å². The van der Waals surface area contributed by atoms with Gasteiger partial charge in [-0.1, -0.05) is 32.9 Å². The van der Waals surface area contributed by atoms with Crippen LogP contribution in [0.2, 0.25) is 0 Å². The van der Waals surface area contributed by atoms with Gasteiger partial charge in [0.25, 0.3) is 0 Å². The van der Waals surface area contributed by atoms with Crippen molar-refractivity contribution >= 4 is 0 Å². The van der Waals surface area contributed by atoms with Gasteiger partial charge in [-0.3, -0.25) is 0 Å². The molecule has 0 aromatic heterocycles. The van der Waals surface area contributed by atoms with Gasteiger partial charge in [0.2, 0.25) is 0 Å². The van der Waals surface area contributed by atoms with Crippen LogP contribution in [0.1, 0.15) is 45.7 Å². The van der Waals surface area contributed by atoms with Crippen molar-refractivity contribution in [3.05, 3.63) is 29.8 Å². The minimum Gasteiger partial charge on any atom is -0.497 e. The zero-order valence-electron chi connectivity index (χ0n) is 11.7. The summed E-state index contributed by atoms with van der Waals surface area (Å²) in [6.07, 6.45) is 1.18. The molecule has 1 aromatic carbocycles. The third-order valence-corrected chi connectivity index (χ3v) is 2.92. The van der Waals surface area contributed by atoms with Crippen molar-refractivity contribution in [2.24, 2.45) is 5.41 Å². The molecule has 17 heavy (non-hydrogen) atoms. The van der Waals surface area contributed by atoms with Crippen molar-refractivity contribution in [2.75, 3.05) is 13.7 Å². The Balaban J connectivity index is 2.49. The van der Waals surface area contributed by atoms with Crippen LogP contribution in [-0.2, 0) is 0 Å². The molecule has 2 nitrogen and oxygen atoms in total. The molecule has 1 rings (SSSR count). The number of methoxy groups -OCH3 is 1. The summed E-state index contributed by atoms with van der Waals surface area (Å²) in [5, 5.41) is 3.55. The summed E-state index contributed by atoms with van der Waals surface area (Å²) in [6, 6.07) is 8.61. The Morgan fingerprint density at radius 1 is 1.29 bits per heavy atom. The van der Waals surface area contributed by atoms with Crippen LogP contribution in [-0.4, -0.2) is 13.7 Å². The Bertz CT molecular complexity index is 341. The summed E-state index contributed by atoms with van der Waals surface area (Å²) in [5.41, 5.74) is 1.67. The van der Waals surface area contributed by atoms with Gasteiger partial charge in [0.1, 0.15) is 5.75 Å². The molecular weight excluding hydrogens is 210 g/mol. The van der Waals surface area contributed by atoms with E-state index in [1.165, 1.54) is 12.0 Å². The van der Waals surface area contributed by atoms with Crippen molar-refractivity contribution in [1.29, 1.82) is 0 Å². The van der Waals surface area contributed by atoms with Crippen LogP contribution in [0.4, 0.5) is 0 Å². The summed E-state index contributed by atoms with van der Waals surface area (Å²) in [5.74, 6) is 0.923. The predicted octanol–water partition coefficient (Wildman–Crippen LogP) is 3.78. The molecule has 0 amide bonds. The molecule has 1 atom stereocenters. The molecule has 1 aromatic rings. The van der Waals surface area contributed by atoms with E-state index in [0.29, 0.717) is 11.5 Å². The molecule has 1 N–H and O–H groups in total. The highest BCUT2D eigenvalue weighted by molar-refractivity contribution is 5.30. The first kappa shape index (κ1) is 14.0. The maximum Gasteiger partial charge on any atom is 0.119 e. The quantitative estimate of drug-likeness (QED) is 0.838. The largest absolute Gasteiger partial charge is 0.497 e. The zero-order valence-corrected chi connectivity index (χ0v) is 11.7. The highest BCUT2D eigenvalue weighted by Crippen LogP contribution is 2.20. The Kier molecular flexibility index (Phi) is 5.01. The first-order chi connectivity index (χ1) is 7.92. The van der Waals surface area contributed by atoms with E-state index < -0.39 is 0 Å². The smallest absolute Gasteiger partial charge is 0.119 e. The minimum atomic E-state index is 0.368. The molecule has 0 aliphatic carbocycles. The SMILES string of the molecule is COc1cccc([C@@H](C)NCCC(C)(C)C)c1. The summed E-state index contributed by atoms with van der Waals surface area (Å²) in [4.78, 5) is 0. The maximum absolute atomic E-state index is 5.24. The van der Waals surface area contributed by atoms with E-state index in [-0.39, 0.29) is 0 Å². The number of benzene rings is 1. The lowest BCUT2D eigenvalue weighted by atomic mass is 9.92. The third-order valence-electron chi connectivity index (χ3n) is 2.92. The lowest BCUT2D eigenvalue weighted by Gasteiger charge is -2.21. The van der Waals surface area contributed by atoms with Crippen LogP contribution in [0.5, 0.6) is 5.75 Å². The monoisotopic (exact) mass is 235 g/mol. The number of ether oxygens (including phenoxy) is 1. The summed E-state index contributed by atoms with van der Waals surface area (Å²) >= 11 is 0. The normalized spacial score (nSPS) is 13.5. The third kappa shape index (κ3) is 5.22. The minimum absolute atomic E-state index is 0.368. The maximum atomic E-state index is 5.24. The highest BCUT2D eigenvalue weighted by Gasteiger charge is 2.11. The number of rotatable bonds is 5. The van der Waals surface area contributed by atoms with Crippen molar-refractivity contribution in [1.82, 2.24) is 5.32 Å². The zero-order chi connectivity index (χ0) is 12.9. The fourth-order valence-electron chi connectivity index (χ4n) is 1.69. The van der Waals surface area contributed by atoms with Crippen LogP contribution in [0.15, 0.2) is 24.3 Å². The molecule has 0 radical (unpaired) electrons. The highest BCUT2D eigenvalue weighted by atomic mass is 16.5. The van der Waals surface area contributed by atoms with Gasteiger partial charge in [-0.15, -0.1) is 0 Å². The Labute approximate surface area is 105 Å². The van der Waals surface area contributed by atoms with E-state index in [9.17, 15) is 0 Å². The molecule has 0 fully saturated rings.